The van der Waals surface area contributed by atoms with Gasteiger partial charge in [0, 0.05) is 28.9 Å². The van der Waals surface area contributed by atoms with Gasteiger partial charge in [-0.1, -0.05) is 15.9 Å². The van der Waals surface area contributed by atoms with Crippen LogP contribution in [0.4, 0.5) is 0 Å². The number of hydrogen-bond acceptors (Lipinski definition) is 4. The maximum absolute atomic E-state index is 12.7. The summed E-state index contributed by atoms with van der Waals surface area (Å²) >= 11 is 5.15. The lowest BCUT2D eigenvalue weighted by Crippen LogP contribution is -2.39. The van der Waals surface area contributed by atoms with Crippen molar-refractivity contribution in [2.24, 2.45) is 0 Å². The third-order valence-corrected chi connectivity index (χ3v) is 6.44. The maximum Gasteiger partial charge on any atom is 0.261 e. The number of hydrogen-bond donors (Lipinski definition) is 0. The van der Waals surface area contributed by atoms with E-state index in [1.807, 2.05) is 17.0 Å². The van der Waals surface area contributed by atoms with Gasteiger partial charge in [0.2, 0.25) is 5.91 Å². The summed E-state index contributed by atoms with van der Waals surface area (Å²) in [4.78, 5) is 33.0. The van der Waals surface area contributed by atoms with Crippen LogP contribution in [0.3, 0.4) is 0 Å². The van der Waals surface area contributed by atoms with Gasteiger partial charge >= 0.3 is 0 Å². The van der Waals surface area contributed by atoms with Crippen LogP contribution in [0.2, 0.25) is 0 Å². The van der Waals surface area contributed by atoms with E-state index in [0.29, 0.717) is 23.9 Å². The fourth-order valence-corrected chi connectivity index (χ4v) is 4.82. The molecule has 1 atom stereocenters. The quantitative estimate of drug-likeness (QED) is 0.634. The number of halogens is 1. The Kier molecular flexibility index (Phi) is 4.67. The highest BCUT2D eigenvalue weighted by molar-refractivity contribution is 9.10. The van der Waals surface area contributed by atoms with Gasteiger partial charge in [-0.3, -0.25) is 14.2 Å². The molecular formula is C19H18BrN3O2S. The van der Waals surface area contributed by atoms with Crippen LogP contribution in [-0.2, 0) is 17.8 Å². The zero-order valence-electron chi connectivity index (χ0n) is 14.3. The van der Waals surface area contributed by atoms with E-state index in [0.717, 1.165) is 17.4 Å². The summed E-state index contributed by atoms with van der Waals surface area (Å²) in [5.74, 6) is 0.0792. The molecule has 3 heterocycles. The van der Waals surface area contributed by atoms with Crippen molar-refractivity contribution < 1.29 is 4.79 Å². The number of aromatic nitrogens is 2. The van der Waals surface area contributed by atoms with Gasteiger partial charge in [-0.05, 0) is 48.6 Å². The Morgan fingerprint density at radius 2 is 2.23 bits per heavy atom. The van der Waals surface area contributed by atoms with E-state index in [4.69, 9.17) is 0 Å². The van der Waals surface area contributed by atoms with E-state index in [1.165, 1.54) is 21.3 Å². The molecule has 0 N–H and O–H groups in total. The van der Waals surface area contributed by atoms with Crippen LogP contribution in [0.1, 0.15) is 29.8 Å². The molecule has 134 valence electrons. The second-order valence-electron chi connectivity index (χ2n) is 6.47. The van der Waals surface area contributed by atoms with Gasteiger partial charge in [-0.15, -0.1) is 11.3 Å². The molecular weight excluding hydrogens is 414 g/mol. The van der Waals surface area contributed by atoms with Crippen molar-refractivity contribution in [2.45, 2.75) is 32.4 Å². The summed E-state index contributed by atoms with van der Waals surface area (Å²) in [5.41, 5.74) is 1.80. The summed E-state index contributed by atoms with van der Waals surface area (Å²) in [6.45, 7) is 3.15. The molecule has 7 heteroatoms. The predicted molar refractivity (Wildman–Crippen MR) is 106 cm³/mol. The molecule has 5 nitrogen and oxygen atoms in total. The van der Waals surface area contributed by atoms with Crippen LogP contribution in [0.25, 0.3) is 10.9 Å². The molecule has 26 heavy (non-hydrogen) atoms. The monoisotopic (exact) mass is 431 g/mol. The molecule has 3 aromatic rings. The molecule has 1 aliphatic heterocycles. The topological polar surface area (TPSA) is 55.2 Å². The molecule has 1 aliphatic rings. The predicted octanol–water partition coefficient (Wildman–Crippen LogP) is 3.76. The lowest BCUT2D eigenvalue weighted by atomic mass is 10.0. The van der Waals surface area contributed by atoms with E-state index in [-0.39, 0.29) is 17.5 Å². The van der Waals surface area contributed by atoms with Gasteiger partial charge < -0.3 is 4.90 Å². The standard InChI is InChI=1S/C19H18BrN3O2S/c1-12-14-6-9-26-17(14)4-8-23(12)18(24)5-7-22-11-21-16-3-2-13(20)10-15(16)19(22)25/h2-3,6,9-12H,4-5,7-8H2,1H3/t12-/m1/s1. The van der Waals surface area contributed by atoms with Gasteiger partial charge in [0.1, 0.15) is 0 Å². The third kappa shape index (κ3) is 3.10. The van der Waals surface area contributed by atoms with Crippen LogP contribution < -0.4 is 5.56 Å². The van der Waals surface area contributed by atoms with Crippen LogP contribution in [0, 0.1) is 0 Å². The third-order valence-electron chi connectivity index (χ3n) is 4.95. The molecule has 0 fully saturated rings. The molecule has 0 unspecified atom stereocenters. The number of benzene rings is 1. The molecule has 0 saturated heterocycles. The van der Waals surface area contributed by atoms with E-state index in [2.05, 4.69) is 39.3 Å². The molecule has 2 aromatic heterocycles. The maximum atomic E-state index is 12.7. The van der Waals surface area contributed by atoms with Gasteiger partial charge in [-0.2, -0.15) is 0 Å². The number of rotatable bonds is 3. The van der Waals surface area contributed by atoms with Crippen molar-refractivity contribution in [1.29, 1.82) is 0 Å². The van der Waals surface area contributed by atoms with Crippen molar-refractivity contribution in [3.8, 4) is 0 Å². The zero-order valence-corrected chi connectivity index (χ0v) is 16.7. The molecule has 0 radical (unpaired) electrons. The molecule has 4 rings (SSSR count). The fraction of sp³-hybridized carbons (Fsp3) is 0.316. The first-order valence-electron chi connectivity index (χ1n) is 8.55. The largest absolute Gasteiger partial charge is 0.335 e. The Hall–Kier alpha value is -1.99. The molecule has 1 aromatic carbocycles. The van der Waals surface area contributed by atoms with Crippen molar-refractivity contribution in [2.75, 3.05) is 6.54 Å². The summed E-state index contributed by atoms with van der Waals surface area (Å²) in [6, 6.07) is 7.65. The van der Waals surface area contributed by atoms with Crippen molar-refractivity contribution in [3.63, 3.8) is 0 Å². The second kappa shape index (κ2) is 6.96. The Morgan fingerprint density at radius 3 is 3.08 bits per heavy atom. The summed E-state index contributed by atoms with van der Waals surface area (Å²) < 4.78 is 2.36. The molecule has 0 aliphatic carbocycles. The van der Waals surface area contributed by atoms with E-state index in [9.17, 15) is 9.59 Å². The Labute approximate surface area is 163 Å². The number of carbonyl (C=O) groups excluding carboxylic acids is 1. The minimum atomic E-state index is -0.115. The molecule has 0 bridgehead atoms. The molecule has 1 amide bonds. The average molecular weight is 432 g/mol. The van der Waals surface area contributed by atoms with Gasteiger partial charge in [-0.25, -0.2) is 4.98 Å². The van der Waals surface area contributed by atoms with Crippen LogP contribution in [0.5, 0.6) is 0 Å². The Bertz CT molecular complexity index is 1040. The summed E-state index contributed by atoms with van der Waals surface area (Å²) in [6.07, 6.45) is 2.74. The van der Waals surface area contributed by atoms with Crippen LogP contribution in [-0.4, -0.2) is 26.9 Å². The van der Waals surface area contributed by atoms with Gasteiger partial charge in [0.15, 0.2) is 0 Å². The van der Waals surface area contributed by atoms with Crippen molar-refractivity contribution in [1.82, 2.24) is 14.5 Å². The smallest absolute Gasteiger partial charge is 0.261 e. The summed E-state index contributed by atoms with van der Waals surface area (Å²) in [7, 11) is 0. The minimum Gasteiger partial charge on any atom is -0.335 e. The summed E-state index contributed by atoms with van der Waals surface area (Å²) in [5, 5.41) is 2.65. The van der Waals surface area contributed by atoms with E-state index >= 15 is 0 Å². The lowest BCUT2D eigenvalue weighted by molar-refractivity contribution is -0.134. The van der Waals surface area contributed by atoms with Crippen molar-refractivity contribution in [3.05, 3.63) is 61.2 Å². The first-order chi connectivity index (χ1) is 12.5. The zero-order chi connectivity index (χ0) is 18.3. The molecule has 0 spiro atoms. The highest BCUT2D eigenvalue weighted by Crippen LogP contribution is 2.33. The van der Waals surface area contributed by atoms with Crippen LogP contribution >= 0.6 is 27.3 Å². The highest BCUT2D eigenvalue weighted by atomic mass is 79.9. The van der Waals surface area contributed by atoms with Gasteiger partial charge in [0.05, 0.1) is 23.3 Å². The number of aryl methyl sites for hydroxylation is 1. The Morgan fingerprint density at radius 1 is 1.38 bits per heavy atom. The average Bonchev–Trinajstić information content (AvgIpc) is 3.11. The number of nitrogens with zero attached hydrogens (tertiary/aromatic N) is 3. The first-order valence-corrected chi connectivity index (χ1v) is 10.2. The lowest BCUT2D eigenvalue weighted by Gasteiger charge is -2.33. The number of amides is 1. The second-order valence-corrected chi connectivity index (χ2v) is 8.38. The molecule has 0 saturated carbocycles. The number of thiophene rings is 1. The van der Waals surface area contributed by atoms with E-state index < -0.39 is 0 Å². The van der Waals surface area contributed by atoms with E-state index in [1.54, 1.807) is 17.4 Å². The van der Waals surface area contributed by atoms with Gasteiger partial charge in [0.25, 0.3) is 5.56 Å². The normalized spacial score (nSPS) is 16.7. The fourth-order valence-electron chi connectivity index (χ4n) is 3.50. The highest BCUT2D eigenvalue weighted by Gasteiger charge is 2.27. The number of fused-ring (bicyclic) bond motifs is 2. The first kappa shape index (κ1) is 17.4. The number of carbonyl (C=O) groups is 1. The minimum absolute atomic E-state index is 0.0792. The van der Waals surface area contributed by atoms with Crippen molar-refractivity contribution >= 4 is 44.1 Å². The Balaban J connectivity index is 1.51. The SMILES string of the molecule is C[C@@H]1c2ccsc2CCN1C(=O)CCn1cnc2ccc(Br)cc2c1=O. The van der Waals surface area contributed by atoms with Crippen LogP contribution in [0.15, 0.2) is 45.2 Å².